The zero-order chi connectivity index (χ0) is 9.56. The van der Waals surface area contributed by atoms with Gasteiger partial charge in [-0.3, -0.25) is 0 Å². The van der Waals surface area contributed by atoms with Crippen LogP contribution in [-0.2, 0) is 0 Å². The van der Waals surface area contributed by atoms with Crippen molar-refractivity contribution in [1.29, 1.82) is 0 Å². The van der Waals surface area contributed by atoms with Crippen LogP contribution in [0.4, 0.5) is 0 Å². The van der Waals surface area contributed by atoms with Crippen molar-refractivity contribution < 1.29 is 5.11 Å². The molecule has 1 atom stereocenters. The molecule has 0 aromatic heterocycles. The summed E-state index contributed by atoms with van der Waals surface area (Å²) < 4.78 is 0. The molecule has 1 nitrogen and oxygen atoms in total. The van der Waals surface area contributed by atoms with E-state index in [1.807, 2.05) is 6.08 Å². The molecule has 0 heterocycles. The number of rotatable bonds is 4. The van der Waals surface area contributed by atoms with E-state index in [9.17, 15) is 0 Å². The maximum Gasteiger partial charge on any atom is 0.0695 e. The van der Waals surface area contributed by atoms with Gasteiger partial charge in [0, 0.05) is 0 Å². The number of aliphatic hydroxyl groups excluding tert-OH is 1. The Morgan fingerprint density at radius 2 is 1.92 bits per heavy atom. The molecule has 70 valence electrons. The summed E-state index contributed by atoms with van der Waals surface area (Å²) in [5.74, 6) is 0. The normalized spacial score (nSPS) is 14.2. The van der Waals surface area contributed by atoms with Gasteiger partial charge < -0.3 is 5.11 Å². The van der Waals surface area contributed by atoms with Crippen LogP contribution in [0.5, 0.6) is 0 Å². The first-order valence-electron chi connectivity index (χ1n) is 4.51. The van der Waals surface area contributed by atoms with E-state index < -0.39 is 0 Å². The molecule has 12 heavy (non-hydrogen) atoms. The van der Waals surface area contributed by atoms with E-state index in [0.29, 0.717) is 0 Å². The van der Waals surface area contributed by atoms with Gasteiger partial charge in [-0.25, -0.2) is 0 Å². The van der Waals surface area contributed by atoms with Gasteiger partial charge in [0.2, 0.25) is 0 Å². The van der Waals surface area contributed by atoms with Crippen molar-refractivity contribution >= 4 is 0 Å². The second-order valence-corrected chi connectivity index (χ2v) is 3.57. The van der Waals surface area contributed by atoms with Crippen molar-refractivity contribution in [3.05, 3.63) is 23.3 Å². The van der Waals surface area contributed by atoms with E-state index >= 15 is 0 Å². The molecule has 1 N–H and O–H groups in total. The minimum Gasteiger partial charge on any atom is -0.389 e. The Morgan fingerprint density at radius 1 is 1.33 bits per heavy atom. The summed E-state index contributed by atoms with van der Waals surface area (Å²) in [5.41, 5.74) is 2.63. The Labute approximate surface area is 75.8 Å². The summed E-state index contributed by atoms with van der Waals surface area (Å²) in [4.78, 5) is 0. The molecule has 0 aliphatic rings. The van der Waals surface area contributed by atoms with Crippen molar-refractivity contribution in [2.24, 2.45) is 0 Å². The van der Waals surface area contributed by atoms with Crippen molar-refractivity contribution in [3.63, 3.8) is 0 Å². The van der Waals surface area contributed by atoms with Gasteiger partial charge in [0.15, 0.2) is 0 Å². The SMILES string of the molecule is CC(C)=CCC/C(C)=C\C(C)O. The minimum atomic E-state index is -0.309. The first-order chi connectivity index (χ1) is 5.52. The van der Waals surface area contributed by atoms with Gasteiger partial charge >= 0.3 is 0 Å². The van der Waals surface area contributed by atoms with Gasteiger partial charge in [0.1, 0.15) is 0 Å². The Bertz CT molecular complexity index is 171. The third-order valence-electron chi connectivity index (χ3n) is 1.62. The summed E-state index contributed by atoms with van der Waals surface area (Å²) in [6.07, 6.45) is 5.95. The Balaban J connectivity index is 3.71. The fourth-order valence-electron chi connectivity index (χ4n) is 1.08. The molecule has 0 rings (SSSR count). The van der Waals surface area contributed by atoms with Gasteiger partial charge in [0.05, 0.1) is 6.10 Å². The van der Waals surface area contributed by atoms with Crippen LogP contribution in [0.15, 0.2) is 23.3 Å². The summed E-state index contributed by atoms with van der Waals surface area (Å²) in [6.45, 7) is 8.05. The highest BCUT2D eigenvalue weighted by Gasteiger charge is 1.91. The van der Waals surface area contributed by atoms with Crippen LogP contribution in [0.25, 0.3) is 0 Å². The third kappa shape index (κ3) is 7.55. The predicted octanol–water partition coefficient (Wildman–Crippen LogP) is 3.06. The monoisotopic (exact) mass is 168 g/mol. The highest BCUT2D eigenvalue weighted by atomic mass is 16.3. The summed E-state index contributed by atoms with van der Waals surface area (Å²) in [7, 11) is 0. The number of hydrogen-bond donors (Lipinski definition) is 1. The molecular weight excluding hydrogens is 148 g/mol. The van der Waals surface area contributed by atoms with Gasteiger partial charge in [-0.15, -0.1) is 0 Å². The predicted molar refractivity (Wildman–Crippen MR) is 54.1 cm³/mol. The van der Waals surface area contributed by atoms with Crippen LogP contribution in [0.3, 0.4) is 0 Å². The molecule has 0 saturated heterocycles. The second kappa shape index (κ2) is 6.01. The van der Waals surface area contributed by atoms with Crippen molar-refractivity contribution in [1.82, 2.24) is 0 Å². The van der Waals surface area contributed by atoms with Crippen LogP contribution >= 0.6 is 0 Å². The number of aliphatic hydroxyl groups is 1. The lowest BCUT2D eigenvalue weighted by molar-refractivity contribution is 0.243. The third-order valence-corrected chi connectivity index (χ3v) is 1.62. The zero-order valence-corrected chi connectivity index (χ0v) is 8.59. The second-order valence-electron chi connectivity index (χ2n) is 3.57. The molecule has 0 aromatic carbocycles. The summed E-state index contributed by atoms with van der Waals surface area (Å²) >= 11 is 0. The molecule has 1 unspecified atom stereocenters. The highest BCUT2D eigenvalue weighted by molar-refractivity contribution is 5.03. The minimum absolute atomic E-state index is 0.309. The topological polar surface area (TPSA) is 20.2 Å². The lowest BCUT2D eigenvalue weighted by atomic mass is 10.1. The molecule has 0 aromatic rings. The van der Waals surface area contributed by atoms with E-state index in [1.54, 1.807) is 6.92 Å². The quantitative estimate of drug-likeness (QED) is 0.640. The van der Waals surface area contributed by atoms with E-state index in [1.165, 1.54) is 11.1 Å². The fourth-order valence-corrected chi connectivity index (χ4v) is 1.08. The van der Waals surface area contributed by atoms with Crippen LogP contribution in [-0.4, -0.2) is 11.2 Å². The Hall–Kier alpha value is -0.560. The molecule has 0 bridgehead atoms. The van der Waals surface area contributed by atoms with E-state index in [-0.39, 0.29) is 6.10 Å². The van der Waals surface area contributed by atoms with Crippen molar-refractivity contribution in [2.75, 3.05) is 0 Å². The van der Waals surface area contributed by atoms with E-state index in [4.69, 9.17) is 5.11 Å². The van der Waals surface area contributed by atoms with Gasteiger partial charge in [0.25, 0.3) is 0 Å². The Kier molecular flexibility index (Phi) is 5.73. The summed E-state index contributed by atoms with van der Waals surface area (Å²) in [6, 6.07) is 0. The van der Waals surface area contributed by atoms with Crippen molar-refractivity contribution in [2.45, 2.75) is 46.6 Å². The van der Waals surface area contributed by atoms with Gasteiger partial charge in [-0.1, -0.05) is 23.3 Å². The van der Waals surface area contributed by atoms with Gasteiger partial charge in [-0.05, 0) is 40.5 Å². The van der Waals surface area contributed by atoms with E-state index in [0.717, 1.165) is 12.8 Å². The van der Waals surface area contributed by atoms with Crippen molar-refractivity contribution in [3.8, 4) is 0 Å². The van der Waals surface area contributed by atoms with Gasteiger partial charge in [-0.2, -0.15) is 0 Å². The molecular formula is C11H20O. The maximum atomic E-state index is 9.04. The molecule has 0 saturated carbocycles. The lowest BCUT2D eigenvalue weighted by Gasteiger charge is -2.00. The molecule has 0 fully saturated rings. The average molecular weight is 168 g/mol. The average Bonchev–Trinajstić information content (AvgIpc) is 1.84. The largest absolute Gasteiger partial charge is 0.389 e. The molecule has 0 aliphatic carbocycles. The highest BCUT2D eigenvalue weighted by Crippen LogP contribution is 2.07. The van der Waals surface area contributed by atoms with Crippen LogP contribution < -0.4 is 0 Å². The zero-order valence-electron chi connectivity index (χ0n) is 8.59. The Morgan fingerprint density at radius 3 is 2.33 bits per heavy atom. The van der Waals surface area contributed by atoms with E-state index in [2.05, 4.69) is 26.8 Å². The van der Waals surface area contributed by atoms with Crippen LogP contribution in [0, 0.1) is 0 Å². The lowest BCUT2D eigenvalue weighted by Crippen LogP contribution is -1.94. The summed E-state index contributed by atoms with van der Waals surface area (Å²) in [5, 5.41) is 9.04. The molecule has 0 spiro atoms. The first kappa shape index (κ1) is 11.4. The molecule has 1 heteroatoms. The number of allylic oxidation sites excluding steroid dienone is 3. The molecule has 0 amide bonds. The number of hydrogen-bond acceptors (Lipinski definition) is 1. The molecule has 0 radical (unpaired) electrons. The smallest absolute Gasteiger partial charge is 0.0695 e. The van der Waals surface area contributed by atoms with Crippen LogP contribution in [0.1, 0.15) is 40.5 Å². The maximum absolute atomic E-state index is 9.04. The first-order valence-corrected chi connectivity index (χ1v) is 4.51. The van der Waals surface area contributed by atoms with Crippen LogP contribution in [0.2, 0.25) is 0 Å². The standard InChI is InChI=1S/C11H20O/c1-9(2)6-5-7-10(3)8-11(4)12/h6,8,11-12H,5,7H2,1-4H3/b10-8-. The molecule has 0 aliphatic heterocycles. The fraction of sp³-hybridized carbons (Fsp3) is 0.636.